The molecule has 3 N–H and O–H groups in total. The van der Waals surface area contributed by atoms with Gasteiger partial charge in [-0.25, -0.2) is 17.8 Å². The Kier molecular flexibility index (Phi) is 7.83. The second kappa shape index (κ2) is 11.1. The van der Waals surface area contributed by atoms with E-state index < -0.39 is 34.9 Å². The van der Waals surface area contributed by atoms with Crippen molar-refractivity contribution >= 4 is 35.1 Å². The maximum Gasteiger partial charge on any atom is 0.271 e. The Bertz CT molecular complexity index is 1750. The molecule has 41 heavy (non-hydrogen) atoms. The smallest absolute Gasteiger partial charge is 0.271 e. The van der Waals surface area contributed by atoms with Gasteiger partial charge in [0.05, 0.1) is 22.1 Å². The highest BCUT2D eigenvalue weighted by atomic mass is 33.2. The lowest BCUT2D eigenvalue weighted by molar-refractivity contribution is 0.0903. The van der Waals surface area contributed by atoms with Gasteiger partial charge in [0.25, 0.3) is 14.8 Å². The number of aromatic amines is 1. The maximum atomic E-state index is 16.0. The largest absolute Gasteiger partial charge is 0.364 e. The molecule has 0 unspecified atom stereocenters. The molecular weight excluding hydrogens is 573 g/mol. The Balaban J connectivity index is 1.58. The van der Waals surface area contributed by atoms with Gasteiger partial charge in [-0.05, 0) is 49.3 Å². The van der Waals surface area contributed by atoms with Gasteiger partial charge in [0.1, 0.15) is 23.2 Å². The quantitative estimate of drug-likeness (QED) is 0.168. The Morgan fingerprint density at radius 2 is 1.98 bits per heavy atom. The van der Waals surface area contributed by atoms with Crippen LogP contribution in [0.4, 0.5) is 4.39 Å². The fourth-order valence-electron chi connectivity index (χ4n) is 5.35. The topological polar surface area (TPSA) is 168 Å². The first-order valence-corrected chi connectivity index (χ1v) is 17.5. The molecule has 1 saturated carbocycles. The number of hydrogen-bond acceptors (Lipinski definition) is 8. The molecule has 14 heteroatoms. The van der Waals surface area contributed by atoms with Gasteiger partial charge in [0, 0.05) is 29.8 Å². The van der Waals surface area contributed by atoms with Crippen LogP contribution in [0.2, 0.25) is 0 Å². The SMILES string of the molecule is CCc1nocc1C(=O)N[C@H](c1nc2c(F)c(-c3cnccc3S(=O)(=O)[SH](C)(=O)O)ccc2[nH]1)C1CCC(C)CC1. The summed E-state index contributed by atoms with van der Waals surface area (Å²) < 4.78 is 68.7. The number of pyridine rings is 1. The molecule has 1 amide bonds. The lowest BCUT2D eigenvalue weighted by Gasteiger charge is -2.32. The number of fused-ring (bicyclic) bond motifs is 1. The Morgan fingerprint density at radius 3 is 2.66 bits per heavy atom. The number of carbonyl (C=O) groups is 1. The number of aryl methyl sites for hydroxylation is 1. The van der Waals surface area contributed by atoms with Crippen molar-refractivity contribution in [2.45, 2.75) is 56.9 Å². The number of rotatable bonds is 8. The van der Waals surface area contributed by atoms with E-state index in [0.29, 0.717) is 34.9 Å². The molecule has 5 rings (SSSR count). The monoisotopic (exact) mass is 605 g/mol. The molecule has 220 valence electrons. The van der Waals surface area contributed by atoms with E-state index in [-0.39, 0.29) is 28.5 Å². The van der Waals surface area contributed by atoms with Crippen molar-refractivity contribution in [3.05, 3.63) is 59.8 Å². The Morgan fingerprint density at radius 1 is 1.24 bits per heavy atom. The zero-order valence-electron chi connectivity index (χ0n) is 22.8. The van der Waals surface area contributed by atoms with Crippen LogP contribution < -0.4 is 5.32 Å². The van der Waals surface area contributed by atoms with E-state index in [1.165, 1.54) is 12.3 Å². The molecule has 0 bridgehead atoms. The van der Waals surface area contributed by atoms with Crippen LogP contribution in [0.5, 0.6) is 0 Å². The minimum absolute atomic E-state index is 0.0431. The first kappa shape index (κ1) is 29.0. The van der Waals surface area contributed by atoms with Crippen LogP contribution in [0.15, 0.2) is 46.3 Å². The van der Waals surface area contributed by atoms with Crippen LogP contribution in [0.1, 0.15) is 67.4 Å². The summed E-state index contributed by atoms with van der Waals surface area (Å²) in [5.74, 6) is -0.225. The first-order valence-electron chi connectivity index (χ1n) is 13.3. The number of hydrogen-bond donors (Lipinski definition) is 4. The third-order valence-corrected chi connectivity index (χ3v) is 12.8. The lowest BCUT2D eigenvalue weighted by atomic mass is 9.79. The van der Waals surface area contributed by atoms with Crippen LogP contribution >= 0.6 is 0 Å². The number of benzene rings is 1. The molecule has 4 aromatic rings. The molecule has 1 atom stereocenters. The molecule has 0 radical (unpaired) electrons. The van der Waals surface area contributed by atoms with E-state index >= 15 is 4.39 Å². The van der Waals surface area contributed by atoms with Gasteiger partial charge in [-0.1, -0.05) is 31.8 Å². The molecule has 3 heterocycles. The molecule has 0 spiro atoms. The van der Waals surface area contributed by atoms with E-state index in [9.17, 15) is 22.0 Å². The predicted octanol–water partition coefficient (Wildman–Crippen LogP) is 4.42. The van der Waals surface area contributed by atoms with Crippen molar-refractivity contribution in [3.8, 4) is 11.1 Å². The zero-order valence-corrected chi connectivity index (χ0v) is 24.5. The van der Waals surface area contributed by atoms with Gasteiger partial charge in [0.15, 0.2) is 5.82 Å². The highest BCUT2D eigenvalue weighted by molar-refractivity contribution is 8.70. The van der Waals surface area contributed by atoms with E-state index in [2.05, 4.69) is 32.3 Å². The second-order valence-electron chi connectivity index (χ2n) is 10.6. The van der Waals surface area contributed by atoms with Crippen LogP contribution in [0.25, 0.3) is 22.2 Å². The summed E-state index contributed by atoms with van der Waals surface area (Å²) in [6.45, 7) is 4.06. The average Bonchev–Trinajstić information content (AvgIpc) is 3.60. The Hall–Kier alpha value is -3.49. The molecule has 1 aliphatic carbocycles. The molecule has 0 saturated heterocycles. The highest BCUT2D eigenvalue weighted by Gasteiger charge is 2.33. The van der Waals surface area contributed by atoms with Crippen molar-refractivity contribution in [2.75, 3.05) is 6.26 Å². The number of thiol groups is 1. The third-order valence-electron chi connectivity index (χ3n) is 7.74. The molecular formula is C27H32FN5O6S2. The van der Waals surface area contributed by atoms with Gasteiger partial charge in [-0.15, -0.1) is 9.25 Å². The fourth-order valence-corrected chi connectivity index (χ4v) is 7.97. The van der Waals surface area contributed by atoms with Crippen LogP contribution in [0.3, 0.4) is 0 Å². The molecule has 11 nitrogen and oxygen atoms in total. The van der Waals surface area contributed by atoms with Gasteiger partial charge in [-0.3, -0.25) is 14.3 Å². The lowest BCUT2D eigenvalue weighted by Crippen LogP contribution is -2.36. The molecule has 1 aromatic carbocycles. The van der Waals surface area contributed by atoms with E-state index in [1.807, 2.05) is 6.92 Å². The van der Waals surface area contributed by atoms with Crippen LogP contribution in [0, 0.1) is 17.7 Å². The van der Waals surface area contributed by atoms with E-state index in [1.54, 1.807) is 6.07 Å². The molecule has 3 aromatic heterocycles. The summed E-state index contributed by atoms with van der Waals surface area (Å²) in [5, 5.41) is 6.96. The average molecular weight is 606 g/mol. The van der Waals surface area contributed by atoms with Gasteiger partial charge < -0.3 is 14.8 Å². The molecule has 0 aliphatic heterocycles. The first-order chi connectivity index (χ1) is 19.4. The fraction of sp³-hybridized carbons (Fsp3) is 0.407. The van der Waals surface area contributed by atoms with Gasteiger partial charge in [0.2, 0.25) is 0 Å². The standard InChI is InChI=1S/C27H32FN5O6S2/c1-4-20-19(14-39-33-20)27(34)32-24(16-7-5-15(2)6-8-16)26-30-21-10-9-17(23(28)25(21)31-26)18-13-29-12-11-22(18)41(37,38)40(3,35)36/h9-16,24,40H,4-8H2,1-3H3,(H,30,31)(H,32,34)(H,35,36)/t15?,16?,24-/m0/s1. The molecule has 1 aliphatic rings. The summed E-state index contributed by atoms with van der Waals surface area (Å²) in [5.41, 5.74) is 0.851. The van der Waals surface area contributed by atoms with Gasteiger partial charge in [-0.2, -0.15) is 4.21 Å². The highest BCUT2D eigenvalue weighted by Crippen LogP contribution is 2.38. The molecule has 1 fully saturated rings. The minimum atomic E-state index is -4.68. The minimum Gasteiger partial charge on any atom is -0.364 e. The van der Waals surface area contributed by atoms with Crippen molar-refractivity contribution in [2.24, 2.45) is 11.8 Å². The van der Waals surface area contributed by atoms with Crippen molar-refractivity contribution < 1.29 is 30.9 Å². The summed E-state index contributed by atoms with van der Waals surface area (Å²) >= 11 is 0. The van der Waals surface area contributed by atoms with Crippen molar-refractivity contribution in [1.29, 1.82) is 0 Å². The number of nitrogens with zero attached hydrogens (tertiary/aromatic N) is 3. The van der Waals surface area contributed by atoms with Crippen molar-refractivity contribution in [1.82, 2.24) is 25.4 Å². The Labute approximate surface area is 236 Å². The summed E-state index contributed by atoms with van der Waals surface area (Å²) in [7, 11) is -9.30. The number of halogens is 1. The predicted molar refractivity (Wildman–Crippen MR) is 152 cm³/mol. The van der Waals surface area contributed by atoms with Crippen LogP contribution in [-0.2, 0) is 24.5 Å². The number of imidazole rings is 1. The van der Waals surface area contributed by atoms with Crippen LogP contribution in [-0.4, -0.2) is 49.5 Å². The third kappa shape index (κ3) is 5.43. The van der Waals surface area contributed by atoms with Crippen molar-refractivity contribution in [3.63, 3.8) is 0 Å². The summed E-state index contributed by atoms with van der Waals surface area (Å²) in [4.78, 5) is 24.4. The normalized spacial score (nSPS) is 19.2. The number of amides is 1. The number of H-pyrrole nitrogens is 1. The number of carbonyl (C=O) groups excluding carboxylic acids is 1. The van der Waals surface area contributed by atoms with Gasteiger partial charge >= 0.3 is 0 Å². The number of aromatic nitrogens is 4. The zero-order chi connectivity index (χ0) is 29.5. The van der Waals surface area contributed by atoms with E-state index in [4.69, 9.17) is 4.52 Å². The maximum absolute atomic E-state index is 16.0. The van der Waals surface area contributed by atoms with E-state index in [0.717, 1.165) is 50.4 Å². The summed E-state index contributed by atoms with van der Waals surface area (Å²) in [6.07, 6.45) is 8.48. The summed E-state index contributed by atoms with van der Waals surface area (Å²) in [6, 6.07) is 3.43. The number of nitrogens with one attached hydrogen (secondary N) is 2. The second-order valence-corrected chi connectivity index (χ2v) is 17.1.